The molecule has 19 heavy (non-hydrogen) atoms. The zero-order valence-corrected chi connectivity index (χ0v) is 11.3. The highest BCUT2D eigenvalue weighted by Gasteiger charge is 2.24. The molecule has 1 atom stereocenters. The molecule has 4 heteroatoms. The Balaban J connectivity index is 1.83. The first-order chi connectivity index (χ1) is 9.06. The second-order valence-electron chi connectivity index (χ2n) is 5.39. The number of hydrogen-bond acceptors (Lipinski definition) is 2. The smallest absolute Gasteiger partial charge is 0.239 e. The molecular weight excluding hydrogens is 243 g/mol. The molecule has 2 rings (SSSR count). The van der Waals surface area contributed by atoms with Crippen molar-refractivity contribution in [2.45, 2.75) is 32.2 Å². The zero-order valence-electron chi connectivity index (χ0n) is 11.3. The van der Waals surface area contributed by atoms with Crippen LogP contribution < -0.4 is 5.73 Å². The van der Waals surface area contributed by atoms with Gasteiger partial charge in [-0.05, 0) is 49.8 Å². The van der Waals surface area contributed by atoms with Crippen LogP contribution in [-0.4, -0.2) is 29.9 Å². The largest absolute Gasteiger partial charge is 0.341 e. The number of amides is 1. The molecule has 1 aliphatic rings. The van der Waals surface area contributed by atoms with E-state index in [9.17, 15) is 9.18 Å². The van der Waals surface area contributed by atoms with Gasteiger partial charge < -0.3 is 10.6 Å². The summed E-state index contributed by atoms with van der Waals surface area (Å²) in [4.78, 5) is 13.6. The second kappa shape index (κ2) is 6.15. The third-order valence-corrected chi connectivity index (χ3v) is 3.75. The highest BCUT2D eigenvalue weighted by atomic mass is 19.1. The molecule has 0 spiro atoms. The summed E-state index contributed by atoms with van der Waals surface area (Å²) in [5.74, 6) is 0.420. The fraction of sp³-hybridized carbons (Fsp3) is 0.533. The number of nitrogens with two attached hydrogens (primary N) is 1. The highest BCUT2D eigenvalue weighted by Crippen LogP contribution is 2.22. The third-order valence-electron chi connectivity index (χ3n) is 3.75. The molecule has 1 fully saturated rings. The average Bonchev–Trinajstić information content (AvgIpc) is 2.41. The zero-order chi connectivity index (χ0) is 13.8. The van der Waals surface area contributed by atoms with E-state index in [4.69, 9.17) is 5.73 Å². The fourth-order valence-corrected chi connectivity index (χ4v) is 2.60. The van der Waals surface area contributed by atoms with E-state index in [2.05, 4.69) is 0 Å². The number of piperidine rings is 1. The van der Waals surface area contributed by atoms with Gasteiger partial charge in [0.25, 0.3) is 0 Å². The van der Waals surface area contributed by atoms with Crippen LogP contribution in [0.4, 0.5) is 4.39 Å². The van der Waals surface area contributed by atoms with Crippen molar-refractivity contribution in [3.05, 3.63) is 35.6 Å². The number of carbonyl (C=O) groups is 1. The molecule has 0 bridgehead atoms. The molecule has 0 aromatic heterocycles. The van der Waals surface area contributed by atoms with E-state index in [0.717, 1.165) is 32.4 Å². The predicted molar refractivity (Wildman–Crippen MR) is 73.1 cm³/mol. The Kier molecular flexibility index (Phi) is 4.53. The summed E-state index contributed by atoms with van der Waals surface area (Å²) in [5.41, 5.74) is 6.78. The van der Waals surface area contributed by atoms with Gasteiger partial charge in [0.05, 0.1) is 6.04 Å². The Morgan fingerprint density at radius 3 is 2.47 bits per heavy atom. The van der Waals surface area contributed by atoms with E-state index in [-0.39, 0.29) is 11.7 Å². The van der Waals surface area contributed by atoms with Gasteiger partial charge in [0.15, 0.2) is 0 Å². The van der Waals surface area contributed by atoms with E-state index < -0.39 is 6.04 Å². The molecule has 1 aromatic carbocycles. The van der Waals surface area contributed by atoms with Gasteiger partial charge in [-0.15, -0.1) is 0 Å². The van der Waals surface area contributed by atoms with Crippen LogP contribution in [0, 0.1) is 11.7 Å². The van der Waals surface area contributed by atoms with Gasteiger partial charge in [0.1, 0.15) is 5.82 Å². The molecule has 1 aliphatic heterocycles. The monoisotopic (exact) mass is 264 g/mol. The molecule has 0 aliphatic carbocycles. The average molecular weight is 264 g/mol. The number of benzene rings is 1. The molecular formula is C15H21FN2O. The lowest BCUT2D eigenvalue weighted by Gasteiger charge is -2.33. The number of carbonyl (C=O) groups excluding carboxylic acids is 1. The van der Waals surface area contributed by atoms with Crippen molar-refractivity contribution >= 4 is 5.91 Å². The van der Waals surface area contributed by atoms with Crippen molar-refractivity contribution in [3.8, 4) is 0 Å². The summed E-state index contributed by atoms with van der Waals surface area (Å²) in [6.45, 7) is 3.30. The lowest BCUT2D eigenvalue weighted by molar-refractivity contribution is -0.133. The minimum absolute atomic E-state index is 0.0419. The fourth-order valence-electron chi connectivity index (χ4n) is 2.60. The molecule has 0 radical (unpaired) electrons. The second-order valence-corrected chi connectivity index (χ2v) is 5.39. The summed E-state index contributed by atoms with van der Waals surface area (Å²) in [6.07, 6.45) is 2.95. The summed E-state index contributed by atoms with van der Waals surface area (Å²) in [7, 11) is 0. The van der Waals surface area contributed by atoms with Crippen LogP contribution in [0.3, 0.4) is 0 Å². The van der Waals surface area contributed by atoms with Crippen LogP contribution in [0.25, 0.3) is 0 Å². The first kappa shape index (κ1) is 14.0. The molecule has 2 N–H and O–H groups in total. The third kappa shape index (κ3) is 3.77. The first-order valence-corrected chi connectivity index (χ1v) is 6.85. The van der Waals surface area contributed by atoms with Crippen molar-refractivity contribution in [2.75, 3.05) is 13.1 Å². The van der Waals surface area contributed by atoms with Gasteiger partial charge in [0.2, 0.25) is 5.91 Å². The van der Waals surface area contributed by atoms with Crippen molar-refractivity contribution in [1.29, 1.82) is 0 Å². The maximum absolute atomic E-state index is 12.8. The molecule has 104 valence electrons. The van der Waals surface area contributed by atoms with Crippen molar-refractivity contribution in [1.82, 2.24) is 4.90 Å². The molecule has 3 nitrogen and oxygen atoms in total. The molecule has 0 unspecified atom stereocenters. The van der Waals surface area contributed by atoms with Crippen LogP contribution in [0.1, 0.15) is 25.3 Å². The number of hydrogen-bond donors (Lipinski definition) is 1. The van der Waals surface area contributed by atoms with Crippen LogP contribution in [0.2, 0.25) is 0 Å². The molecule has 0 saturated carbocycles. The summed E-state index contributed by atoms with van der Waals surface area (Å²) < 4.78 is 12.8. The summed E-state index contributed by atoms with van der Waals surface area (Å²) in [5, 5.41) is 0. The number of halogens is 1. The maximum atomic E-state index is 12.8. The van der Waals surface area contributed by atoms with Gasteiger partial charge in [-0.3, -0.25) is 4.79 Å². The van der Waals surface area contributed by atoms with Crippen LogP contribution >= 0.6 is 0 Å². The van der Waals surface area contributed by atoms with Crippen molar-refractivity contribution in [3.63, 3.8) is 0 Å². The number of likely N-dealkylation sites (tertiary alicyclic amines) is 1. The van der Waals surface area contributed by atoms with E-state index in [1.54, 1.807) is 6.92 Å². The number of nitrogens with zero attached hydrogens (tertiary/aromatic N) is 1. The van der Waals surface area contributed by atoms with Gasteiger partial charge >= 0.3 is 0 Å². The SMILES string of the molecule is C[C@@H](N)C(=O)N1CCC(Cc2ccc(F)cc2)CC1. The minimum Gasteiger partial charge on any atom is -0.341 e. The molecule has 1 aromatic rings. The summed E-state index contributed by atoms with van der Waals surface area (Å²) in [6, 6.07) is 6.28. The van der Waals surface area contributed by atoms with Gasteiger partial charge in [-0.25, -0.2) is 4.39 Å². The highest BCUT2D eigenvalue weighted by molar-refractivity contribution is 5.81. The van der Waals surface area contributed by atoms with Gasteiger partial charge in [-0.2, -0.15) is 0 Å². The maximum Gasteiger partial charge on any atom is 0.239 e. The molecule has 1 heterocycles. The lowest BCUT2D eigenvalue weighted by Crippen LogP contribution is -2.46. The Bertz CT molecular complexity index is 422. The number of rotatable bonds is 3. The van der Waals surface area contributed by atoms with Gasteiger partial charge in [-0.1, -0.05) is 12.1 Å². The normalized spacial score (nSPS) is 18.4. The minimum atomic E-state index is -0.409. The summed E-state index contributed by atoms with van der Waals surface area (Å²) >= 11 is 0. The lowest BCUT2D eigenvalue weighted by atomic mass is 9.90. The topological polar surface area (TPSA) is 46.3 Å². The predicted octanol–water partition coefficient (Wildman–Crippen LogP) is 1.95. The molecule has 1 saturated heterocycles. The Morgan fingerprint density at radius 1 is 1.37 bits per heavy atom. The first-order valence-electron chi connectivity index (χ1n) is 6.85. The van der Waals surface area contributed by atoms with Gasteiger partial charge in [0, 0.05) is 13.1 Å². The standard InChI is InChI=1S/C15H21FN2O/c1-11(17)15(19)18-8-6-13(7-9-18)10-12-2-4-14(16)5-3-12/h2-5,11,13H,6-10,17H2,1H3/t11-/m1/s1. The van der Waals surface area contributed by atoms with Crippen molar-refractivity contribution in [2.24, 2.45) is 11.7 Å². The van der Waals surface area contributed by atoms with Crippen LogP contribution in [-0.2, 0) is 11.2 Å². The van der Waals surface area contributed by atoms with Crippen LogP contribution in [0.15, 0.2) is 24.3 Å². The Labute approximate surface area is 113 Å². The molecule has 1 amide bonds. The quantitative estimate of drug-likeness (QED) is 0.907. The Hall–Kier alpha value is -1.42. The Morgan fingerprint density at radius 2 is 1.95 bits per heavy atom. The van der Waals surface area contributed by atoms with Crippen molar-refractivity contribution < 1.29 is 9.18 Å². The van der Waals surface area contributed by atoms with E-state index in [0.29, 0.717) is 5.92 Å². The van der Waals surface area contributed by atoms with E-state index >= 15 is 0 Å². The van der Waals surface area contributed by atoms with E-state index in [1.165, 1.54) is 17.7 Å². The van der Waals surface area contributed by atoms with Crippen LogP contribution in [0.5, 0.6) is 0 Å². The van der Waals surface area contributed by atoms with E-state index in [1.807, 2.05) is 17.0 Å².